The lowest BCUT2D eigenvalue weighted by Crippen LogP contribution is -2.16. The number of methoxy groups -OCH3 is 1. The molecule has 2 N–H and O–H groups in total. The number of thioether (sulfide) groups is 1. The predicted molar refractivity (Wildman–Crippen MR) is 70.6 cm³/mol. The topological polar surface area (TPSA) is 58.6 Å². The van der Waals surface area contributed by atoms with Gasteiger partial charge in [0.2, 0.25) is 5.91 Å². The highest BCUT2D eigenvalue weighted by atomic mass is 32.2. The van der Waals surface area contributed by atoms with Gasteiger partial charge in [-0.25, -0.2) is 0 Å². The molecule has 1 atom stereocenters. The van der Waals surface area contributed by atoms with Gasteiger partial charge < -0.3 is 15.2 Å². The number of hydrogen-bond donors (Lipinski definition) is 2. The number of anilines is 1. The maximum Gasteiger partial charge on any atom is 0.234 e. The van der Waals surface area contributed by atoms with Crippen molar-refractivity contribution in [3.05, 3.63) is 24.3 Å². The van der Waals surface area contributed by atoms with Gasteiger partial charge in [-0.3, -0.25) is 4.79 Å². The molecule has 1 amide bonds. The van der Waals surface area contributed by atoms with E-state index in [9.17, 15) is 4.79 Å². The molecular formula is C12H17NO3S. The minimum atomic E-state index is -0.0690. The minimum Gasteiger partial charge on any atom is -0.497 e. The number of nitrogens with one attached hydrogen (secondary N) is 1. The molecule has 94 valence electrons. The number of aliphatic hydroxyl groups excluding tert-OH is 1. The molecule has 0 spiro atoms. The molecule has 0 aromatic heterocycles. The molecule has 1 aromatic carbocycles. The summed E-state index contributed by atoms with van der Waals surface area (Å²) in [5.74, 6) is 1.03. The van der Waals surface area contributed by atoms with Crippen LogP contribution in [0.25, 0.3) is 0 Å². The van der Waals surface area contributed by atoms with Crippen LogP contribution in [0, 0.1) is 0 Å². The Morgan fingerprint density at radius 1 is 1.47 bits per heavy atom. The van der Waals surface area contributed by atoms with E-state index in [-0.39, 0.29) is 17.8 Å². The van der Waals surface area contributed by atoms with Crippen molar-refractivity contribution in [2.45, 2.75) is 12.2 Å². The molecule has 0 heterocycles. The Balaban J connectivity index is 2.39. The summed E-state index contributed by atoms with van der Waals surface area (Å²) in [5.41, 5.74) is 0.744. The second kappa shape index (κ2) is 7.19. The number of amides is 1. The standard InChI is InChI=1S/C12H17NO3S/c1-9(7-14)17-8-12(15)13-10-3-5-11(16-2)6-4-10/h3-6,9,14H,7-8H2,1-2H3,(H,13,15). The van der Waals surface area contributed by atoms with Gasteiger partial charge in [0.15, 0.2) is 0 Å². The summed E-state index contributed by atoms with van der Waals surface area (Å²) < 4.78 is 5.02. The zero-order valence-electron chi connectivity index (χ0n) is 9.97. The molecule has 17 heavy (non-hydrogen) atoms. The third kappa shape index (κ3) is 5.10. The van der Waals surface area contributed by atoms with Crippen LogP contribution >= 0.6 is 11.8 Å². The van der Waals surface area contributed by atoms with E-state index in [1.165, 1.54) is 11.8 Å². The van der Waals surface area contributed by atoms with Gasteiger partial charge in [-0.1, -0.05) is 6.92 Å². The lowest BCUT2D eigenvalue weighted by Gasteiger charge is -2.08. The summed E-state index contributed by atoms with van der Waals surface area (Å²) in [7, 11) is 1.60. The van der Waals surface area contributed by atoms with E-state index < -0.39 is 0 Å². The molecule has 0 aliphatic rings. The SMILES string of the molecule is COc1ccc(NC(=O)CSC(C)CO)cc1. The van der Waals surface area contributed by atoms with Crippen molar-refractivity contribution in [3.8, 4) is 5.75 Å². The van der Waals surface area contributed by atoms with Crippen molar-refractivity contribution in [2.24, 2.45) is 0 Å². The summed E-state index contributed by atoms with van der Waals surface area (Å²) >= 11 is 1.42. The average Bonchev–Trinajstić information content (AvgIpc) is 2.36. The van der Waals surface area contributed by atoms with Crippen molar-refractivity contribution >= 4 is 23.4 Å². The summed E-state index contributed by atoms with van der Waals surface area (Å²) in [5, 5.41) is 11.7. The van der Waals surface area contributed by atoms with Gasteiger partial charge in [0, 0.05) is 10.9 Å². The third-order valence-corrected chi connectivity index (χ3v) is 3.28. The monoisotopic (exact) mass is 255 g/mol. The van der Waals surface area contributed by atoms with Crippen LogP contribution in [0.2, 0.25) is 0 Å². The maximum atomic E-state index is 11.5. The summed E-state index contributed by atoms with van der Waals surface area (Å²) in [4.78, 5) is 11.5. The Labute approximate surface area is 105 Å². The van der Waals surface area contributed by atoms with Gasteiger partial charge in [0.25, 0.3) is 0 Å². The third-order valence-electron chi connectivity index (χ3n) is 2.13. The number of ether oxygens (including phenoxy) is 1. The lowest BCUT2D eigenvalue weighted by atomic mass is 10.3. The highest BCUT2D eigenvalue weighted by molar-refractivity contribution is 8.00. The number of carbonyl (C=O) groups is 1. The largest absolute Gasteiger partial charge is 0.497 e. The molecule has 4 nitrogen and oxygen atoms in total. The summed E-state index contributed by atoms with van der Waals surface area (Å²) in [6, 6.07) is 7.16. The van der Waals surface area contributed by atoms with Crippen LogP contribution in [-0.2, 0) is 4.79 Å². The molecule has 1 unspecified atom stereocenters. The average molecular weight is 255 g/mol. The van der Waals surface area contributed by atoms with Crippen molar-refractivity contribution in [1.82, 2.24) is 0 Å². The van der Waals surface area contributed by atoms with Crippen LogP contribution < -0.4 is 10.1 Å². The molecule has 1 aromatic rings. The summed E-state index contributed by atoms with van der Waals surface area (Å²) in [6.45, 7) is 1.96. The molecule has 0 saturated carbocycles. The Kier molecular flexibility index (Phi) is 5.86. The van der Waals surface area contributed by atoms with E-state index >= 15 is 0 Å². The fourth-order valence-electron chi connectivity index (χ4n) is 1.14. The van der Waals surface area contributed by atoms with E-state index in [1.54, 1.807) is 31.4 Å². The highest BCUT2D eigenvalue weighted by Crippen LogP contribution is 2.16. The number of aliphatic hydroxyl groups is 1. The molecule has 0 fully saturated rings. The van der Waals surface area contributed by atoms with Crippen LogP contribution in [0.1, 0.15) is 6.92 Å². The van der Waals surface area contributed by atoms with Gasteiger partial charge in [-0.15, -0.1) is 11.8 Å². The molecule has 0 aliphatic carbocycles. The zero-order valence-corrected chi connectivity index (χ0v) is 10.8. The van der Waals surface area contributed by atoms with E-state index in [0.717, 1.165) is 11.4 Å². The smallest absolute Gasteiger partial charge is 0.234 e. The molecule has 5 heteroatoms. The number of rotatable bonds is 6. The molecular weight excluding hydrogens is 238 g/mol. The van der Waals surface area contributed by atoms with Crippen LogP contribution in [0.5, 0.6) is 5.75 Å². The first-order valence-corrected chi connectivity index (χ1v) is 6.37. The second-order valence-corrected chi connectivity index (χ2v) is 5.01. The Bertz CT molecular complexity index is 353. The molecule has 0 bridgehead atoms. The number of hydrogen-bond acceptors (Lipinski definition) is 4. The number of carbonyl (C=O) groups excluding carboxylic acids is 1. The molecule has 0 saturated heterocycles. The fourth-order valence-corrected chi connectivity index (χ4v) is 1.76. The van der Waals surface area contributed by atoms with Crippen molar-refractivity contribution in [2.75, 3.05) is 24.8 Å². The lowest BCUT2D eigenvalue weighted by molar-refractivity contribution is -0.113. The van der Waals surface area contributed by atoms with Gasteiger partial charge in [-0.05, 0) is 24.3 Å². The van der Waals surface area contributed by atoms with Crippen LogP contribution in [-0.4, -0.2) is 35.7 Å². The van der Waals surface area contributed by atoms with Gasteiger partial charge in [-0.2, -0.15) is 0 Å². The fraction of sp³-hybridized carbons (Fsp3) is 0.417. The second-order valence-electron chi connectivity index (χ2n) is 3.58. The van der Waals surface area contributed by atoms with Gasteiger partial charge in [0.1, 0.15) is 5.75 Å². The van der Waals surface area contributed by atoms with Crippen LogP contribution in [0.4, 0.5) is 5.69 Å². The summed E-state index contributed by atoms with van der Waals surface area (Å²) in [6.07, 6.45) is 0. The Morgan fingerprint density at radius 2 is 2.12 bits per heavy atom. The maximum absolute atomic E-state index is 11.5. The van der Waals surface area contributed by atoms with Crippen molar-refractivity contribution in [3.63, 3.8) is 0 Å². The van der Waals surface area contributed by atoms with E-state index in [4.69, 9.17) is 9.84 Å². The molecule has 0 aliphatic heterocycles. The Hall–Kier alpha value is -1.20. The van der Waals surface area contributed by atoms with E-state index in [2.05, 4.69) is 5.32 Å². The quantitative estimate of drug-likeness (QED) is 0.813. The van der Waals surface area contributed by atoms with Crippen LogP contribution in [0.15, 0.2) is 24.3 Å². The van der Waals surface area contributed by atoms with E-state index in [1.807, 2.05) is 6.92 Å². The first-order chi connectivity index (χ1) is 8.15. The van der Waals surface area contributed by atoms with Gasteiger partial charge in [0.05, 0.1) is 19.5 Å². The Morgan fingerprint density at radius 3 is 2.65 bits per heavy atom. The first kappa shape index (κ1) is 13.9. The molecule has 0 radical (unpaired) electrons. The van der Waals surface area contributed by atoms with Gasteiger partial charge >= 0.3 is 0 Å². The normalized spacial score (nSPS) is 11.9. The predicted octanol–water partition coefficient (Wildman–Crippen LogP) is 1.75. The molecule has 1 rings (SSSR count). The zero-order chi connectivity index (χ0) is 12.7. The minimum absolute atomic E-state index is 0.0690. The van der Waals surface area contributed by atoms with Crippen LogP contribution in [0.3, 0.4) is 0 Å². The van der Waals surface area contributed by atoms with Crippen molar-refractivity contribution in [1.29, 1.82) is 0 Å². The first-order valence-electron chi connectivity index (χ1n) is 5.32. The highest BCUT2D eigenvalue weighted by Gasteiger charge is 2.06. The number of benzene rings is 1. The van der Waals surface area contributed by atoms with E-state index in [0.29, 0.717) is 5.75 Å². The van der Waals surface area contributed by atoms with Crippen molar-refractivity contribution < 1.29 is 14.6 Å².